The Morgan fingerprint density at radius 1 is 1.27 bits per heavy atom. The predicted octanol–water partition coefficient (Wildman–Crippen LogP) is 3.38. The monoisotopic (exact) mass is 427 g/mol. The minimum absolute atomic E-state index is 0.0317. The molecule has 154 valence electrons. The van der Waals surface area contributed by atoms with Gasteiger partial charge in [-0.05, 0) is 36.6 Å². The second-order valence-electron chi connectivity index (χ2n) is 6.91. The summed E-state index contributed by atoms with van der Waals surface area (Å²) in [5.74, 6) is 0.529. The maximum Gasteiger partial charge on any atom is 0.318 e. The molecule has 0 fully saturated rings. The van der Waals surface area contributed by atoms with E-state index >= 15 is 0 Å². The number of nitrogens with one attached hydrogen (secondary N) is 2. The summed E-state index contributed by atoms with van der Waals surface area (Å²) in [7, 11) is 0. The number of halogens is 2. The third-order valence-corrected chi connectivity index (χ3v) is 4.99. The molecule has 0 unspecified atom stereocenters. The molecule has 10 heteroatoms. The van der Waals surface area contributed by atoms with E-state index in [-0.39, 0.29) is 17.6 Å². The SMILES string of the molecule is Cc1cc(Nc2ncc3c(n2)CN(C(=O)NCc2ccc(F)c(Cl)c2)CC3)ncn1. The van der Waals surface area contributed by atoms with Crippen LogP contribution in [-0.2, 0) is 19.5 Å². The fourth-order valence-electron chi connectivity index (χ4n) is 3.11. The molecule has 30 heavy (non-hydrogen) atoms. The lowest BCUT2D eigenvalue weighted by Crippen LogP contribution is -2.42. The zero-order valence-corrected chi connectivity index (χ0v) is 16.9. The minimum Gasteiger partial charge on any atom is -0.334 e. The molecule has 1 aromatic carbocycles. The van der Waals surface area contributed by atoms with Gasteiger partial charge in [-0.15, -0.1) is 0 Å². The van der Waals surface area contributed by atoms with E-state index in [0.29, 0.717) is 31.3 Å². The van der Waals surface area contributed by atoms with E-state index < -0.39 is 5.82 Å². The summed E-state index contributed by atoms with van der Waals surface area (Å²) in [5, 5.41) is 5.93. The fourth-order valence-corrected chi connectivity index (χ4v) is 3.32. The predicted molar refractivity (Wildman–Crippen MR) is 110 cm³/mol. The van der Waals surface area contributed by atoms with Crippen LogP contribution >= 0.6 is 11.6 Å². The Morgan fingerprint density at radius 2 is 2.13 bits per heavy atom. The maximum absolute atomic E-state index is 13.3. The first-order chi connectivity index (χ1) is 14.5. The largest absolute Gasteiger partial charge is 0.334 e. The zero-order chi connectivity index (χ0) is 21.1. The molecule has 2 aromatic heterocycles. The van der Waals surface area contributed by atoms with Gasteiger partial charge in [-0.25, -0.2) is 29.1 Å². The van der Waals surface area contributed by atoms with Crippen LogP contribution in [0.4, 0.5) is 21.0 Å². The number of carbonyl (C=O) groups excluding carboxylic acids is 1. The van der Waals surface area contributed by atoms with Crippen molar-refractivity contribution in [1.29, 1.82) is 0 Å². The average Bonchev–Trinajstić information content (AvgIpc) is 2.74. The topological polar surface area (TPSA) is 95.9 Å². The van der Waals surface area contributed by atoms with Crippen molar-refractivity contribution >= 4 is 29.4 Å². The van der Waals surface area contributed by atoms with Crippen LogP contribution in [0, 0.1) is 12.7 Å². The number of hydrogen-bond acceptors (Lipinski definition) is 6. The molecular formula is C20H19ClFN7O. The number of aromatic nitrogens is 4. The van der Waals surface area contributed by atoms with Crippen LogP contribution in [0.25, 0.3) is 0 Å². The average molecular weight is 428 g/mol. The molecule has 1 aliphatic heterocycles. The molecule has 8 nitrogen and oxygen atoms in total. The van der Waals surface area contributed by atoms with Crippen molar-refractivity contribution in [1.82, 2.24) is 30.2 Å². The lowest BCUT2D eigenvalue weighted by atomic mass is 10.1. The number of anilines is 2. The number of aryl methyl sites for hydroxylation is 1. The van der Waals surface area contributed by atoms with Crippen LogP contribution in [0.3, 0.4) is 0 Å². The summed E-state index contributed by atoms with van der Waals surface area (Å²) in [6.07, 6.45) is 3.91. The molecule has 0 bridgehead atoms. The highest BCUT2D eigenvalue weighted by Crippen LogP contribution is 2.20. The highest BCUT2D eigenvalue weighted by molar-refractivity contribution is 6.30. The van der Waals surface area contributed by atoms with E-state index in [2.05, 4.69) is 30.6 Å². The van der Waals surface area contributed by atoms with Crippen molar-refractivity contribution in [2.75, 3.05) is 11.9 Å². The van der Waals surface area contributed by atoms with Gasteiger partial charge in [0.25, 0.3) is 0 Å². The Kier molecular flexibility index (Phi) is 5.71. The van der Waals surface area contributed by atoms with Crippen molar-refractivity contribution in [3.8, 4) is 0 Å². The van der Waals surface area contributed by atoms with Crippen molar-refractivity contribution in [2.45, 2.75) is 26.4 Å². The first-order valence-electron chi connectivity index (χ1n) is 9.35. The van der Waals surface area contributed by atoms with Crippen LogP contribution in [0.15, 0.2) is 36.8 Å². The molecule has 2 N–H and O–H groups in total. The Hall–Kier alpha value is -3.33. The number of amides is 2. The summed E-state index contributed by atoms with van der Waals surface area (Å²) in [5.41, 5.74) is 3.34. The number of hydrogen-bond donors (Lipinski definition) is 2. The number of urea groups is 1. The lowest BCUT2D eigenvalue weighted by Gasteiger charge is -2.28. The summed E-state index contributed by atoms with van der Waals surface area (Å²) in [6, 6.07) is 5.95. The summed E-state index contributed by atoms with van der Waals surface area (Å²) >= 11 is 5.79. The molecule has 0 radical (unpaired) electrons. The van der Waals surface area contributed by atoms with Crippen molar-refractivity contribution in [2.24, 2.45) is 0 Å². The number of rotatable bonds is 4. The molecule has 3 aromatic rings. The van der Waals surface area contributed by atoms with Gasteiger partial charge in [0.15, 0.2) is 0 Å². The molecule has 0 saturated heterocycles. The van der Waals surface area contributed by atoms with E-state index in [9.17, 15) is 9.18 Å². The Labute approximate surface area is 177 Å². The van der Waals surface area contributed by atoms with Crippen molar-refractivity contribution in [3.05, 3.63) is 70.1 Å². The smallest absolute Gasteiger partial charge is 0.318 e. The summed E-state index contributed by atoms with van der Waals surface area (Å²) in [4.78, 5) is 31.3. The second-order valence-corrected chi connectivity index (χ2v) is 7.32. The normalized spacial score (nSPS) is 13.0. The minimum atomic E-state index is -0.486. The van der Waals surface area contributed by atoms with Crippen LogP contribution < -0.4 is 10.6 Å². The van der Waals surface area contributed by atoms with Crippen molar-refractivity contribution in [3.63, 3.8) is 0 Å². The number of carbonyl (C=O) groups is 1. The van der Waals surface area contributed by atoms with Gasteiger partial charge in [-0.1, -0.05) is 17.7 Å². The summed E-state index contributed by atoms with van der Waals surface area (Å²) < 4.78 is 13.3. The van der Waals surface area contributed by atoms with Gasteiger partial charge in [0, 0.05) is 31.0 Å². The highest BCUT2D eigenvalue weighted by Gasteiger charge is 2.22. The zero-order valence-electron chi connectivity index (χ0n) is 16.2. The molecule has 3 heterocycles. The third kappa shape index (κ3) is 4.62. The Bertz CT molecular complexity index is 1090. The lowest BCUT2D eigenvalue weighted by molar-refractivity contribution is 0.191. The van der Waals surface area contributed by atoms with Gasteiger partial charge < -0.3 is 15.5 Å². The summed E-state index contributed by atoms with van der Waals surface area (Å²) in [6.45, 7) is 3.05. The van der Waals surface area contributed by atoms with Gasteiger partial charge in [-0.3, -0.25) is 0 Å². The maximum atomic E-state index is 13.3. The molecule has 0 atom stereocenters. The fraction of sp³-hybridized carbons (Fsp3) is 0.250. The van der Waals surface area contributed by atoms with Crippen LogP contribution in [0.1, 0.15) is 22.5 Å². The van der Waals surface area contributed by atoms with Gasteiger partial charge in [0.1, 0.15) is 18.0 Å². The second kappa shape index (κ2) is 8.58. The third-order valence-electron chi connectivity index (χ3n) is 4.70. The number of fused-ring (bicyclic) bond motifs is 1. The Morgan fingerprint density at radius 3 is 2.93 bits per heavy atom. The van der Waals surface area contributed by atoms with E-state index in [1.807, 2.05) is 6.92 Å². The van der Waals surface area contributed by atoms with Gasteiger partial charge >= 0.3 is 6.03 Å². The van der Waals surface area contributed by atoms with Gasteiger partial charge in [0.05, 0.1) is 17.3 Å². The van der Waals surface area contributed by atoms with Crippen LogP contribution in [0.2, 0.25) is 5.02 Å². The molecule has 2 amide bonds. The van der Waals surface area contributed by atoms with Crippen LogP contribution in [0.5, 0.6) is 0 Å². The van der Waals surface area contributed by atoms with E-state index in [1.165, 1.54) is 18.5 Å². The molecule has 0 aliphatic carbocycles. The molecule has 0 spiro atoms. The molecule has 4 rings (SSSR count). The van der Waals surface area contributed by atoms with Crippen LogP contribution in [-0.4, -0.2) is 37.4 Å². The quantitative estimate of drug-likeness (QED) is 0.662. The molecule has 0 saturated carbocycles. The van der Waals surface area contributed by atoms with E-state index in [4.69, 9.17) is 11.6 Å². The number of benzene rings is 1. The van der Waals surface area contributed by atoms with Gasteiger partial charge in [-0.2, -0.15) is 0 Å². The van der Waals surface area contributed by atoms with E-state index in [1.54, 1.807) is 23.2 Å². The Balaban J connectivity index is 1.40. The van der Waals surface area contributed by atoms with Gasteiger partial charge in [0.2, 0.25) is 5.95 Å². The molecule has 1 aliphatic rings. The highest BCUT2D eigenvalue weighted by atomic mass is 35.5. The molecular weight excluding hydrogens is 409 g/mol. The van der Waals surface area contributed by atoms with E-state index in [0.717, 1.165) is 22.5 Å². The standard InChI is InChI=1S/C20H19ClFN7O/c1-12-6-18(26-11-25-12)28-19-23-9-14-4-5-29(10-17(14)27-19)20(30)24-8-13-2-3-16(22)15(21)7-13/h2-3,6-7,9,11H,4-5,8,10H2,1H3,(H,24,30)(H,23,25,26,27,28). The van der Waals surface area contributed by atoms with Crippen molar-refractivity contribution < 1.29 is 9.18 Å². The first kappa shape index (κ1) is 20.0. The first-order valence-corrected chi connectivity index (χ1v) is 9.73. The number of nitrogens with zero attached hydrogens (tertiary/aromatic N) is 5.